The lowest BCUT2D eigenvalue weighted by Gasteiger charge is -2.19. The van der Waals surface area contributed by atoms with Gasteiger partial charge in [0.1, 0.15) is 5.69 Å². The number of carbonyl (C=O) groups is 2. The molecule has 2 amide bonds. The van der Waals surface area contributed by atoms with Gasteiger partial charge in [-0.15, -0.1) is 0 Å². The Morgan fingerprint density at radius 3 is 2.63 bits per heavy atom. The Balaban J connectivity index is 1.98. The Labute approximate surface area is 192 Å². The summed E-state index contributed by atoms with van der Waals surface area (Å²) in [7, 11) is 0. The number of hydrogen-bond donors (Lipinski definition) is 2. The number of rotatable bonds is 5. The normalized spacial score (nSPS) is 15.8. The van der Waals surface area contributed by atoms with Gasteiger partial charge in [-0.3, -0.25) is 14.6 Å². The van der Waals surface area contributed by atoms with E-state index in [0.717, 1.165) is 10.0 Å². The van der Waals surface area contributed by atoms with E-state index in [2.05, 4.69) is 36.7 Å². The molecule has 30 heavy (non-hydrogen) atoms. The van der Waals surface area contributed by atoms with Gasteiger partial charge in [0.25, 0.3) is 11.8 Å². The predicted octanol–water partition coefficient (Wildman–Crippen LogP) is 5.09. The van der Waals surface area contributed by atoms with Crippen LogP contribution in [0.5, 0.6) is 0 Å². The van der Waals surface area contributed by atoms with Crippen molar-refractivity contribution in [2.24, 2.45) is 4.99 Å². The van der Waals surface area contributed by atoms with Crippen molar-refractivity contribution in [2.45, 2.75) is 39.4 Å². The number of allylic oxidation sites excluding steroid dienone is 1. The number of amides is 2. The van der Waals surface area contributed by atoms with E-state index in [4.69, 9.17) is 23.2 Å². The summed E-state index contributed by atoms with van der Waals surface area (Å²) in [6, 6.07) is 4.86. The Kier molecular flexibility index (Phi) is 7.00. The molecule has 1 aromatic heterocycles. The monoisotopic (exact) mass is 511 g/mol. The number of nitrogens with zero attached hydrogens (tertiary/aromatic N) is 3. The van der Waals surface area contributed by atoms with Crippen LogP contribution in [0.1, 0.15) is 52.8 Å². The van der Waals surface area contributed by atoms with Crippen LogP contribution in [-0.2, 0) is 0 Å². The minimum absolute atomic E-state index is 0.0568. The van der Waals surface area contributed by atoms with Crippen LogP contribution in [0.15, 0.2) is 38.8 Å². The van der Waals surface area contributed by atoms with E-state index in [1.54, 1.807) is 18.4 Å². The molecule has 7 nitrogen and oxygen atoms in total. The molecule has 0 saturated heterocycles. The molecule has 0 aliphatic carbocycles. The summed E-state index contributed by atoms with van der Waals surface area (Å²) in [5, 5.41) is 10.4. The number of carbonyl (C=O) groups excluding carboxylic acids is 2. The first kappa shape index (κ1) is 22.5. The third-order valence-corrected chi connectivity index (χ3v) is 5.28. The van der Waals surface area contributed by atoms with Gasteiger partial charge in [0.05, 0.1) is 16.3 Å². The largest absolute Gasteiger partial charge is 0.350 e. The molecule has 3 rings (SSSR count). The van der Waals surface area contributed by atoms with Crippen LogP contribution in [-0.4, -0.2) is 33.9 Å². The Hall–Kier alpha value is -2.16. The summed E-state index contributed by atoms with van der Waals surface area (Å²) >= 11 is 15.8. The Bertz CT molecular complexity index is 1060. The number of aryl methyl sites for hydroxylation is 1. The van der Waals surface area contributed by atoms with Crippen LogP contribution in [0.3, 0.4) is 0 Å². The summed E-state index contributed by atoms with van der Waals surface area (Å²) in [6.07, 6.45) is 3.44. The molecule has 1 aliphatic heterocycles. The summed E-state index contributed by atoms with van der Waals surface area (Å²) in [5.41, 5.74) is 1.64. The van der Waals surface area contributed by atoms with E-state index in [-0.39, 0.29) is 22.8 Å². The zero-order valence-electron chi connectivity index (χ0n) is 16.5. The second-order valence-corrected chi connectivity index (χ2v) is 8.79. The van der Waals surface area contributed by atoms with Crippen molar-refractivity contribution < 1.29 is 9.59 Å². The van der Waals surface area contributed by atoms with Crippen LogP contribution in [0, 0.1) is 6.92 Å². The molecule has 1 aromatic carbocycles. The quantitative estimate of drug-likeness (QED) is 0.584. The fraction of sp³-hybridized carbons (Fsp3) is 0.300. The highest BCUT2D eigenvalue weighted by atomic mass is 79.9. The molecular formula is C20H20BrCl2N5O2. The number of hydrogen-bond acceptors (Lipinski definition) is 4. The molecule has 2 N–H and O–H groups in total. The van der Waals surface area contributed by atoms with Crippen LogP contribution < -0.4 is 10.6 Å². The van der Waals surface area contributed by atoms with E-state index in [1.165, 1.54) is 10.7 Å². The van der Waals surface area contributed by atoms with E-state index in [9.17, 15) is 9.59 Å². The van der Waals surface area contributed by atoms with Crippen molar-refractivity contribution in [1.29, 1.82) is 0 Å². The van der Waals surface area contributed by atoms with Crippen molar-refractivity contribution >= 4 is 62.8 Å². The first-order valence-corrected chi connectivity index (χ1v) is 10.8. The topological polar surface area (TPSA) is 88.4 Å². The SMILES string of the molecule is Cc1cc(Br)cc(C(=O)NC(C)C)c1NC(=O)c1cc(Cl)nn1C1N=CCC=C1Cl. The van der Waals surface area contributed by atoms with Gasteiger partial charge in [0.2, 0.25) is 0 Å². The van der Waals surface area contributed by atoms with Crippen LogP contribution >= 0.6 is 39.1 Å². The number of aliphatic imine (C=N–C) groups is 1. The fourth-order valence-electron chi connectivity index (χ4n) is 3.01. The fourth-order valence-corrected chi connectivity index (χ4v) is 4.00. The molecule has 10 heteroatoms. The van der Waals surface area contributed by atoms with E-state index < -0.39 is 12.1 Å². The molecular weight excluding hydrogens is 493 g/mol. The molecule has 2 heterocycles. The van der Waals surface area contributed by atoms with Gasteiger partial charge >= 0.3 is 0 Å². The number of benzene rings is 1. The lowest BCUT2D eigenvalue weighted by atomic mass is 10.1. The third-order valence-electron chi connectivity index (χ3n) is 4.28. The smallest absolute Gasteiger partial charge is 0.274 e. The molecule has 1 aliphatic rings. The highest BCUT2D eigenvalue weighted by Crippen LogP contribution is 2.30. The van der Waals surface area contributed by atoms with Gasteiger partial charge < -0.3 is 10.6 Å². The number of aromatic nitrogens is 2. The summed E-state index contributed by atoms with van der Waals surface area (Å²) in [4.78, 5) is 30.2. The van der Waals surface area contributed by atoms with E-state index >= 15 is 0 Å². The van der Waals surface area contributed by atoms with Crippen molar-refractivity contribution in [2.75, 3.05) is 5.32 Å². The summed E-state index contributed by atoms with van der Waals surface area (Å²) < 4.78 is 2.10. The second kappa shape index (κ2) is 9.32. The lowest BCUT2D eigenvalue weighted by molar-refractivity contribution is 0.0944. The van der Waals surface area contributed by atoms with Gasteiger partial charge in [-0.1, -0.05) is 45.2 Å². The maximum Gasteiger partial charge on any atom is 0.274 e. The first-order chi connectivity index (χ1) is 14.2. The molecule has 158 valence electrons. The van der Waals surface area contributed by atoms with Crippen LogP contribution in [0.25, 0.3) is 0 Å². The minimum atomic E-state index is -0.664. The summed E-state index contributed by atoms with van der Waals surface area (Å²) in [6.45, 7) is 5.54. The maximum absolute atomic E-state index is 13.1. The highest BCUT2D eigenvalue weighted by molar-refractivity contribution is 9.10. The van der Waals surface area contributed by atoms with Gasteiger partial charge in [-0.2, -0.15) is 5.10 Å². The average molecular weight is 513 g/mol. The lowest BCUT2D eigenvalue weighted by Crippen LogP contribution is -2.31. The Morgan fingerprint density at radius 1 is 1.23 bits per heavy atom. The van der Waals surface area contributed by atoms with E-state index in [1.807, 2.05) is 26.8 Å². The molecule has 1 unspecified atom stereocenters. The number of anilines is 1. The van der Waals surface area contributed by atoms with Crippen molar-refractivity contribution in [1.82, 2.24) is 15.1 Å². The highest BCUT2D eigenvalue weighted by Gasteiger charge is 2.25. The number of nitrogens with one attached hydrogen (secondary N) is 2. The minimum Gasteiger partial charge on any atom is -0.350 e. The van der Waals surface area contributed by atoms with Gasteiger partial charge in [0, 0.05) is 29.2 Å². The molecule has 0 spiro atoms. The first-order valence-electron chi connectivity index (χ1n) is 9.22. The zero-order valence-corrected chi connectivity index (χ0v) is 19.6. The van der Waals surface area contributed by atoms with Crippen molar-refractivity contribution in [3.05, 3.63) is 55.8 Å². The molecule has 2 aromatic rings. The van der Waals surface area contributed by atoms with Gasteiger partial charge in [0.15, 0.2) is 11.3 Å². The average Bonchev–Trinajstić information content (AvgIpc) is 3.05. The van der Waals surface area contributed by atoms with Gasteiger partial charge in [-0.05, 0) is 38.5 Å². The standard InChI is InChI=1S/C20H20BrCl2N5O2/c1-10(2)25-19(29)13-8-12(21)7-11(3)17(13)26-20(30)15-9-16(23)27-28(15)18-14(22)5-4-6-24-18/h5-10,18H,4H2,1-3H3,(H,25,29)(H,26,30). The number of dihydropyridines is 1. The summed E-state index contributed by atoms with van der Waals surface area (Å²) in [5.74, 6) is -0.775. The molecule has 1 atom stereocenters. The molecule has 0 bridgehead atoms. The second-order valence-electron chi connectivity index (χ2n) is 7.05. The van der Waals surface area contributed by atoms with Crippen molar-refractivity contribution in [3.63, 3.8) is 0 Å². The maximum atomic E-state index is 13.1. The van der Waals surface area contributed by atoms with Crippen LogP contribution in [0.4, 0.5) is 5.69 Å². The molecule has 0 fully saturated rings. The Morgan fingerprint density at radius 2 is 1.97 bits per heavy atom. The molecule has 0 saturated carbocycles. The number of halogens is 3. The zero-order chi connectivity index (χ0) is 22.0. The van der Waals surface area contributed by atoms with Gasteiger partial charge in [-0.25, -0.2) is 4.68 Å². The van der Waals surface area contributed by atoms with E-state index in [0.29, 0.717) is 22.7 Å². The third kappa shape index (κ3) is 4.94. The molecule has 0 radical (unpaired) electrons. The predicted molar refractivity (Wildman–Crippen MR) is 123 cm³/mol. The van der Waals surface area contributed by atoms with Crippen LogP contribution in [0.2, 0.25) is 5.15 Å². The van der Waals surface area contributed by atoms with Crippen molar-refractivity contribution in [3.8, 4) is 0 Å².